The monoisotopic (exact) mass is 750 g/mol. The maximum Gasteiger partial charge on any atom is 0.252 e. The molecule has 0 unspecified atom stereocenters. The van der Waals surface area contributed by atoms with Crippen molar-refractivity contribution in [1.82, 2.24) is 0 Å². The summed E-state index contributed by atoms with van der Waals surface area (Å²) in [7, 11) is 0. The number of anilines is 6. The van der Waals surface area contributed by atoms with Gasteiger partial charge in [0.15, 0.2) is 11.5 Å². The van der Waals surface area contributed by atoms with Gasteiger partial charge in [-0.05, 0) is 116 Å². The molecular weight excluding hydrogens is 695 g/mol. The van der Waals surface area contributed by atoms with E-state index in [9.17, 15) is 0 Å². The summed E-state index contributed by atoms with van der Waals surface area (Å²) in [6, 6.07) is 43.7. The van der Waals surface area contributed by atoms with Gasteiger partial charge in [0.25, 0.3) is 6.71 Å². The number of nitrogens with zero attached hydrogens (tertiary/aromatic N) is 2. The Bertz CT molecular complexity index is 2520. The molecule has 0 fully saturated rings. The summed E-state index contributed by atoms with van der Waals surface area (Å²) in [5, 5.41) is 0. The summed E-state index contributed by atoms with van der Waals surface area (Å²) in [4.78, 5) is 5.03. The van der Waals surface area contributed by atoms with E-state index in [1.165, 1.54) is 66.8 Å². The van der Waals surface area contributed by atoms with Crippen LogP contribution >= 0.6 is 0 Å². The molecule has 3 heterocycles. The predicted octanol–water partition coefficient (Wildman–Crippen LogP) is 11.8. The zero-order valence-electron chi connectivity index (χ0n) is 35.4. The molecular formula is C52H55BN2O2. The van der Waals surface area contributed by atoms with E-state index in [0.29, 0.717) is 13.2 Å². The van der Waals surface area contributed by atoms with E-state index in [1.54, 1.807) is 0 Å². The lowest BCUT2D eigenvalue weighted by Crippen LogP contribution is -2.61. The highest BCUT2D eigenvalue weighted by molar-refractivity contribution is 7.00. The molecule has 4 nitrogen and oxygen atoms in total. The molecule has 0 spiro atoms. The topological polar surface area (TPSA) is 24.9 Å². The van der Waals surface area contributed by atoms with E-state index in [1.807, 2.05) is 0 Å². The lowest BCUT2D eigenvalue weighted by atomic mass is 9.33. The maximum atomic E-state index is 6.83. The van der Waals surface area contributed by atoms with Crippen LogP contribution in [0.2, 0.25) is 0 Å². The Balaban J connectivity index is 1.40. The Labute approximate surface area is 340 Å². The van der Waals surface area contributed by atoms with Gasteiger partial charge >= 0.3 is 0 Å². The summed E-state index contributed by atoms with van der Waals surface area (Å²) < 4.78 is 13.3. The lowest BCUT2D eigenvalue weighted by molar-refractivity contribution is 0.297. The molecule has 57 heavy (non-hydrogen) atoms. The zero-order valence-corrected chi connectivity index (χ0v) is 35.4. The van der Waals surface area contributed by atoms with Crippen LogP contribution in [0.25, 0.3) is 11.1 Å². The molecule has 0 atom stereocenters. The second kappa shape index (κ2) is 13.3. The van der Waals surface area contributed by atoms with Crippen LogP contribution in [0.1, 0.15) is 91.0 Å². The van der Waals surface area contributed by atoms with Crippen molar-refractivity contribution in [3.63, 3.8) is 0 Å². The number of fused-ring (bicyclic) bond motifs is 6. The summed E-state index contributed by atoms with van der Waals surface area (Å²) in [6.45, 7) is 24.1. The second-order valence-corrected chi connectivity index (χ2v) is 19.4. The first-order valence-electron chi connectivity index (χ1n) is 20.7. The van der Waals surface area contributed by atoms with E-state index in [4.69, 9.17) is 9.47 Å². The van der Waals surface area contributed by atoms with Gasteiger partial charge in [-0.3, -0.25) is 0 Å². The number of rotatable bonds is 3. The molecule has 0 amide bonds. The van der Waals surface area contributed by atoms with Gasteiger partial charge < -0.3 is 19.3 Å². The number of aryl methyl sites for hydroxylation is 1. The fourth-order valence-electron chi connectivity index (χ4n) is 9.00. The molecule has 288 valence electrons. The Morgan fingerprint density at radius 2 is 1.12 bits per heavy atom. The van der Waals surface area contributed by atoms with Crippen LogP contribution < -0.4 is 35.7 Å². The van der Waals surface area contributed by atoms with Gasteiger partial charge in [0, 0.05) is 34.7 Å². The summed E-state index contributed by atoms with van der Waals surface area (Å²) in [6.07, 6.45) is 0.836. The Morgan fingerprint density at radius 3 is 1.79 bits per heavy atom. The number of ether oxygens (including phenoxy) is 2. The Morgan fingerprint density at radius 1 is 0.526 bits per heavy atom. The molecule has 5 heteroatoms. The first kappa shape index (κ1) is 37.2. The summed E-state index contributed by atoms with van der Waals surface area (Å²) in [5.41, 5.74) is 18.3. The van der Waals surface area contributed by atoms with Crippen molar-refractivity contribution in [3.05, 3.63) is 138 Å². The van der Waals surface area contributed by atoms with Crippen LogP contribution in [0.3, 0.4) is 0 Å². The summed E-state index contributed by atoms with van der Waals surface area (Å²) in [5.74, 6) is 1.63. The van der Waals surface area contributed by atoms with Gasteiger partial charge in [-0.2, -0.15) is 0 Å². The highest BCUT2D eigenvalue weighted by atomic mass is 16.5. The highest BCUT2D eigenvalue weighted by Crippen LogP contribution is 2.52. The van der Waals surface area contributed by atoms with E-state index in [-0.39, 0.29) is 23.0 Å². The second-order valence-electron chi connectivity index (χ2n) is 19.4. The van der Waals surface area contributed by atoms with Crippen LogP contribution in [0.15, 0.2) is 115 Å². The van der Waals surface area contributed by atoms with Gasteiger partial charge in [-0.1, -0.05) is 129 Å². The average Bonchev–Trinajstić information content (AvgIpc) is 3.43. The third-order valence-electron chi connectivity index (χ3n) is 12.1. The van der Waals surface area contributed by atoms with E-state index < -0.39 is 0 Å². The molecule has 9 rings (SSSR count). The van der Waals surface area contributed by atoms with Crippen molar-refractivity contribution in [2.24, 2.45) is 0 Å². The fourth-order valence-corrected chi connectivity index (χ4v) is 9.00. The average molecular weight is 751 g/mol. The van der Waals surface area contributed by atoms with Crippen molar-refractivity contribution in [2.75, 3.05) is 23.0 Å². The van der Waals surface area contributed by atoms with Gasteiger partial charge in [-0.15, -0.1) is 0 Å². The smallest absolute Gasteiger partial charge is 0.252 e. The summed E-state index contributed by atoms with van der Waals surface area (Å²) >= 11 is 0. The molecule has 6 aromatic rings. The number of hydrogen-bond acceptors (Lipinski definition) is 4. The SMILES string of the molecule is Cc1cc2c3c(c1)N(c1ccc(C(C)(C)C)cc1-c1ccccc1)c1c(ccc4c1OCCCO4)B3c1cc(C(C)(C)C)ccc1N2c1ccc(C(C)(C)C)cc1. The van der Waals surface area contributed by atoms with Crippen LogP contribution in [-0.2, 0) is 16.2 Å². The fraction of sp³-hybridized carbons (Fsp3) is 0.308. The molecule has 0 aliphatic carbocycles. The number of hydrogen-bond donors (Lipinski definition) is 0. The molecule has 0 saturated heterocycles. The van der Waals surface area contributed by atoms with Crippen molar-refractivity contribution < 1.29 is 9.47 Å². The first-order chi connectivity index (χ1) is 27.1. The minimum atomic E-state index is -0.0320. The van der Waals surface area contributed by atoms with Gasteiger partial charge in [-0.25, -0.2) is 0 Å². The molecule has 3 aliphatic rings. The van der Waals surface area contributed by atoms with Crippen molar-refractivity contribution >= 4 is 57.2 Å². The van der Waals surface area contributed by atoms with Gasteiger partial charge in [0.1, 0.15) is 0 Å². The molecule has 0 bridgehead atoms. The van der Waals surface area contributed by atoms with Crippen molar-refractivity contribution in [1.29, 1.82) is 0 Å². The van der Waals surface area contributed by atoms with Crippen LogP contribution in [0.4, 0.5) is 34.1 Å². The third-order valence-corrected chi connectivity index (χ3v) is 12.1. The lowest BCUT2D eigenvalue weighted by Gasteiger charge is -2.45. The molecule has 0 N–H and O–H groups in total. The minimum absolute atomic E-state index is 0.0268. The van der Waals surface area contributed by atoms with Crippen LogP contribution in [-0.4, -0.2) is 19.9 Å². The minimum Gasteiger partial charge on any atom is -0.489 e. The van der Waals surface area contributed by atoms with Crippen molar-refractivity contribution in [2.45, 2.75) is 91.9 Å². The van der Waals surface area contributed by atoms with Crippen LogP contribution in [0, 0.1) is 6.92 Å². The van der Waals surface area contributed by atoms with E-state index >= 15 is 0 Å². The Hall–Kier alpha value is -5.42. The molecule has 6 aromatic carbocycles. The molecule has 3 aliphatic heterocycles. The quantitative estimate of drug-likeness (QED) is 0.168. The normalized spacial score (nSPS) is 14.8. The van der Waals surface area contributed by atoms with Gasteiger partial charge in [0.2, 0.25) is 0 Å². The van der Waals surface area contributed by atoms with Crippen molar-refractivity contribution in [3.8, 4) is 22.6 Å². The zero-order chi connectivity index (χ0) is 40.0. The van der Waals surface area contributed by atoms with Crippen LogP contribution in [0.5, 0.6) is 11.5 Å². The maximum absolute atomic E-state index is 6.83. The molecule has 0 aromatic heterocycles. The Kier molecular flexibility index (Phi) is 8.70. The highest BCUT2D eigenvalue weighted by Gasteiger charge is 2.46. The van der Waals surface area contributed by atoms with E-state index in [0.717, 1.165) is 35.0 Å². The number of benzene rings is 6. The van der Waals surface area contributed by atoms with Gasteiger partial charge in [0.05, 0.1) is 24.6 Å². The third kappa shape index (κ3) is 6.31. The standard InChI is InChI=1S/C52H55BN2O2/c1-33-29-44-47-45(30-33)55(42-24-19-36(51(5,6)7)31-39(42)34-15-12-11-13-16-34)48-40(23-26-46-49(48)57-28-14-27-56-46)53(47)41-32-37(52(8,9)10)20-25-43(41)54(44)38-21-17-35(18-22-38)50(2,3)4/h11-13,15-26,29-32H,14,27-28H2,1-10H3. The largest absolute Gasteiger partial charge is 0.489 e. The predicted molar refractivity (Wildman–Crippen MR) is 242 cm³/mol. The van der Waals surface area contributed by atoms with E-state index in [2.05, 4.69) is 194 Å². The molecule has 0 radical (unpaired) electrons. The first-order valence-corrected chi connectivity index (χ1v) is 20.7. The molecule has 0 saturated carbocycles.